The molecule has 0 amide bonds. The number of carbonyl (C=O) groups excluding carboxylic acids is 1. The average Bonchev–Trinajstić information content (AvgIpc) is 2.64. The number of hydrogen-bond acceptors (Lipinski definition) is 3. The van der Waals surface area contributed by atoms with Crippen LogP contribution in [0.4, 0.5) is 0 Å². The molecule has 2 aromatic heterocycles. The van der Waals surface area contributed by atoms with Crippen molar-refractivity contribution >= 4 is 22.6 Å². The normalized spacial score (nSPS) is 16.2. The zero-order chi connectivity index (χ0) is 11.8. The lowest BCUT2D eigenvalue weighted by Gasteiger charge is -2.12. The number of aromatic amines is 1. The van der Waals surface area contributed by atoms with Crippen LogP contribution < -0.4 is 5.69 Å². The van der Waals surface area contributed by atoms with Gasteiger partial charge in [-0.3, -0.25) is 14.3 Å². The summed E-state index contributed by atoms with van der Waals surface area (Å²) in [6.45, 7) is 0. The number of fused-ring (bicyclic) bond motifs is 1. The third-order valence-corrected chi connectivity index (χ3v) is 2.93. The van der Waals surface area contributed by atoms with E-state index in [0.29, 0.717) is 12.1 Å². The van der Waals surface area contributed by atoms with Gasteiger partial charge in [-0.05, 0) is 25.0 Å². The van der Waals surface area contributed by atoms with Crippen molar-refractivity contribution in [2.75, 3.05) is 0 Å². The molecular weight excluding hydrogens is 218 g/mol. The molecule has 1 N–H and O–H groups in total. The highest BCUT2D eigenvalue weighted by Gasteiger charge is 2.16. The first-order valence-corrected chi connectivity index (χ1v) is 5.55. The smallest absolute Gasteiger partial charge is 0.295 e. The number of allylic oxidation sites excluding steroid dienone is 2. The molecule has 1 aliphatic carbocycles. The molecule has 0 aliphatic heterocycles. The summed E-state index contributed by atoms with van der Waals surface area (Å²) in [6.07, 6.45) is 5.30. The number of pyridine rings is 1. The van der Waals surface area contributed by atoms with Crippen LogP contribution in [0.5, 0.6) is 0 Å². The Morgan fingerprint density at radius 1 is 1.29 bits per heavy atom. The van der Waals surface area contributed by atoms with Crippen LogP contribution in [0.3, 0.4) is 0 Å². The molecule has 17 heavy (non-hydrogen) atoms. The maximum Gasteiger partial charge on any atom is 0.332 e. The van der Waals surface area contributed by atoms with Crippen LogP contribution in [0.1, 0.15) is 19.3 Å². The zero-order valence-electron chi connectivity index (χ0n) is 9.14. The molecule has 2 heterocycles. The Morgan fingerprint density at radius 2 is 2.18 bits per heavy atom. The first kappa shape index (κ1) is 10.0. The third-order valence-electron chi connectivity index (χ3n) is 2.93. The van der Waals surface area contributed by atoms with Gasteiger partial charge in [-0.2, -0.15) is 0 Å². The fourth-order valence-corrected chi connectivity index (χ4v) is 2.18. The predicted molar refractivity (Wildman–Crippen MR) is 63.5 cm³/mol. The second kappa shape index (κ2) is 3.69. The van der Waals surface area contributed by atoms with E-state index in [4.69, 9.17) is 0 Å². The summed E-state index contributed by atoms with van der Waals surface area (Å²) in [5.41, 5.74) is 1.79. The molecular formula is C12H11N3O2. The van der Waals surface area contributed by atoms with Gasteiger partial charge in [0.15, 0.2) is 11.4 Å². The first-order chi connectivity index (χ1) is 8.25. The Balaban J connectivity index is 2.27. The van der Waals surface area contributed by atoms with Crippen LogP contribution in [0.15, 0.2) is 29.2 Å². The molecule has 0 unspecified atom stereocenters. The van der Waals surface area contributed by atoms with Gasteiger partial charge in [0.1, 0.15) is 0 Å². The van der Waals surface area contributed by atoms with Crippen LogP contribution in [-0.2, 0) is 4.79 Å². The van der Waals surface area contributed by atoms with Crippen LogP contribution in [0.2, 0.25) is 0 Å². The van der Waals surface area contributed by atoms with Gasteiger partial charge in [-0.1, -0.05) is 0 Å². The summed E-state index contributed by atoms with van der Waals surface area (Å²) in [5, 5.41) is 0. The Morgan fingerprint density at radius 3 is 3.00 bits per heavy atom. The van der Waals surface area contributed by atoms with Crippen molar-refractivity contribution < 1.29 is 4.79 Å². The van der Waals surface area contributed by atoms with Crippen molar-refractivity contribution in [1.82, 2.24) is 14.5 Å². The minimum atomic E-state index is -0.236. The molecule has 0 bridgehead atoms. The van der Waals surface area contributed by atoms with E-state index in [1.165, 1.54) is 0 Å². The van der Waals surface area contributed by atoms with Gasteiger partial charge in [-0.15, -0.1) is 0 Å². The third kappa shape index (κ3) is 1.60. The number of H-pyrrole nitrogens is 1. The van der Waals surface area contributed by atoms with E-state index in [2.05, 4.69) is 9.97 Å². The number of ketones is 1. The van der Waals surface area contributed by atoms with Crippen LogP contribution in [-0.4, -0.2) is 20.3 Å². The number of nitrogens with zero attached hydrogens (tertiary/aromatic N) is 2. The topological polar surface area (TPSA) is 67.8 Å². The SMILES string of the molecule is O=C1C=C(n2c(=O)[nH]c3ncccc32)CCC1. The van der Waals surface area contributed by atoms with E-state index in [1.807, 2.05) is 6.07 Å². The summed E-state index contributed by atoms with van der Waals surface area (Å²) >= 11 is 0. The van der Waals surface area contributed by atoms with Crippen LogP contribution in [0.25, 0.3) is 16.9 Å². The van der Waals surface area contributed by atoms with Gasteiger partial charge in [-0.25, -0.2) is 9.78 Å². The molecule has 0 spiro atoms. The number of rotatable bonds is 1. The van der Waals surface area contributed by atoms with E-state index in [0.717, 1.165) is 24.1 Å². The molecule has 0 aromatic carbocycles. The zero-order valence-corrected chi connectivity index (χ0v) is 9.14. The average molecular weight is 229 g/mol. The Bertz CT molecular complexity index is 678. The molecule has 0 fully saturated rings. The van der Waals surface area contributed by atoms with E-state index in [-0.39, 0.29) is 11.5 Å². The monoisotopic (exact) mass is 229 g/mol. The number of carbonyl (C=O) groups is 1. The fraction of sp³-hybridized carbons (Fsp3) is 0.250. The highest BCUT2D eigenvalue weighted by atomic mass is 16.1. The lowest BCUT2D eigenvalue weighted by molar-refractivity contribution is -0.114. The van der Waals surface area contributed by atoms with Gasteiger partial charge < -0.3 is 0 Å². The summed E-state index contributed by atoms with van der Waals surface area (Å²) < 4.78 is 1.54. The number of aromatic nitrogens is 3. The fourth-order valence-electron chi connectivity index (χ4n) is 2.18. The molecule has 86 valence electrons. The maximum absolute atomic E-state index is 11.9. The number of imidazole rings is 1. The van der Waals surface area contributed by atoms with Crippen molar-refractivity contribution in [3.05, 3.63) is 34.9 Å². The summed E-state index contributed by atoms with van der Waals surface area (Å²) in [4.78, 5) is 30.0. The van der Waals surface area contributed by atoms with Crippen LogP contribution in [0, 0.1) is 0 Å². The lowest BCUT2D eigenvalue weighted by Crippen LogP contribution is -2.18. The second-order valence-corrected chi connectivity index (χ2v) is 4.09. The highest BCUT2D eigenvalue weighted by Crippen LogP contribution is 2.21. The van der Waals surface area contributed by atoms with Gasteiger partial charge in [0.25, 0.3) is 0 Å². The van der Waals surface area contributed by atoms with Crippen molar-refractivity contribution in [3.63, 3.8) is 0 Å². The predicted octanol–water partition coefficient (Wildman–Crippen LogP) is 1.32. The first-order valence-electron chi connectivity index (χ1n) is 5.55. The molecule has 5 nitrogen and oxygen atoms in total. The van der Waals surface area contributed by atoms with Crippen molar-refractivity contribution in [1.29, 1.82) is 0 Å². The standard InChI is InChI=1S/C12H11N3O2/c16-9-4-1-3-8(7-9)15-10-5-2-6-13-11(10)14-12(15)17/h2,5-7H,1,3-4H2,(H,13,14,17). The Hall–Kier alpha value is -2.17. The summed E-state index contributed by atoms with van der Waals surface area (Å²) in [5.74, 6) is 0.0800. The molecule has 0 radical (unpaired) electrons. The quantitative estimate of drug-likeness (QED) is 0.801. The Labute approximate surface area is 96.8 Å². The molecule has 1 aliphatic rings. The van der Waals surface area contributed by atoms with E-state index in [1.54, 1.807) is 22.9 Å². The van der Waals surface area contributed by atoms with Gasteiger partial charge in [0.2, 0.25) is 0 Å². The summed E-state index contributed by atoms with van der Waals surface area (Å²) in [7, 11) is 0. The van der Waals surface area contributed by atoms with Crippen LogP contribution >= 0.6 is 0 Å². The van der Waals surface area contributed by atoms with Gasteiger partial charge in [0.05, 0.1) is 5.52 Å². The Kier molecular flexibility index (Phi) is 2.18. The molecule has 2 aromatic rings. The molecule has 5 heteroatoms. The van der Waals surface area contributed by atoms with E-state index < -0.39 is 0 Å². The maximum atomic E-state index is 11.9. The molecule has 3 rings (SSSR count). The highest BCUT2D eigenvalue weighted by molar-refractivity contribution is 5.96. The molecule has 0 saturated carbocycles. The van der Waals surface area contributed by atoms with Gasteiger partial charge >= 0.3 is 5.69 Å². The van der Waals surface area contributed by atoms with E-state index >= 15 is 0 Å². The van der Waals surface area contributed by atoms with Crippen molar-refractivity contribution in [3.8, 4) is 0 Å². The number of nitrogens with one attached hydrogen (secondary N) is 1. The minimum Gasteiger partial charge on any atom is -0.295 e. The van der Waals surface area contributed by atoms with Crippen molar-refractivity contribution in [2.24, 2.45) is 0 Å². The largest absolute Gasteiger partial charge is 0.332 e. The lowest BCUT2D eigenvalue weighted by atomic mass is 10.0. The minimum absolute atomic E-state index is 0.0800. The second-order valence-electron chi connectivity index (χ2n) is 4.09. The molecule has 0 atom stereocenters. The van der Waals surface area contributed by atoms with Gasteiger partial charge in [0, 0.05) is 24.4 Å². The van der Waals surface area contributed by atoms with Crippen molar-refractivity contribution in [2.45, 2.75) is 19.3 Å². The molecule has 0 saturated heterocycles. The van der Waals surface area contributed by atoms with E-state index in [9.17, 15) is 9.59 Å². The summed E-state index contributed by atoms with van der Waals surface area (Å²) in [6, 6.07) is 3.59. The number of hydrogen-bond donors (Lipinski definition) is 1.